The van der Waals surface area contributed by atoms with E-state index in [1.54, 1.807) is 6.92 Å². The fraction of sp³-hybridized carbons (Fsp3) is 0.0870. The summed E-state index contributed by atoms with van der Waals surface area (Å²) in [4.78, 5) is 21.8. The Morgan fingerprint density at radius 1 is 0.786 bits per heavy atom. The zero-order valence-corrected chi connectivity index (χ0v) is 18.6. The zero-order valence-electron chi connectivity index (χ0n) is 16.2. The Morgan fingerprint density at radius 3 is 1.32 bits per heavy atom. The number of allylic oxidation sites excluding steroid dienone is 2. The van der Waals surface area contributed by atoms with Gasteiger partial charge in [-0.2, -0.15) is 0 Å². The molecule has 0 saturated heterocycles. The van der Waals surface area contributed by atoms with Crippen LogP contribution in [0.25, 0.3) is 0 Å². The second kappa shape index (κ2) is 10.8. The first kappa shape index (κ1) is 21.9. The molecule has 0 aliphatic rings. The minimum Gasteiger partial charge on any atom is -0.653 e. The predicted molar refractivity (Wildman–Crippen MR) is 119 cm³/mol. The highest BCUT2D eigenvalue weighted by Crippen LogP contribution is 2.03. The lowest BCUT2D eigenvalue weighted by molar-refractivity contribution is -0.112. The van der Waals surface area contributed by atoms with E-state index in [0.717, 1.165) is 15.6 Å². The van der Waals surface area contributed by atoms with Crippen LogP contribution in [0.15, 0.2) is 103 Å². The van der Waals surface area contributed by atoms with Crippen LogP contribution in [-0.4, -0.2) is 35.5 Å². The number of hydrogen-bond donors (Lipinski definition) is 1. The summed E-state index contributed by atoms with van der Waals surface area (Å²) in [5.74, 6) is 0.685. The Labute approximate surface area is 176 Å². The average molecular weight is 404 g/mol. The van der Waals surface area contributed by atoms with Gasteiger partial charge in [0.1, 0.15) is 0 Å². The maximum atomic E-state index is 11.6. The van der Waals surface area contributed by atoms with E-state index < -0.39 is 8.32 Å². The van der Waals surface area contributed by atoms with E-state index in [2.05, 4.69) is 0 Å². The first-order chi connectivity index (χ1) is 13.5. The summed E-state index contributed by atoms with van der Waals surface area (Å²) < 4.78 is 4.73. The summed E-state index contributed by atoms with van der Waals surface area (Å²) in [6.45, 7) is 3.24. The van der Waals surface area contributed by atoms with E-state index in [9.17, 15) is 9.59 Å². The smallest absolute Gasteiger partial charge is 0.494 e. The third kappa shape index (κ3) is 5.79. The van der Waals surface area contributed by atoms with Gasteiger partial charge in [0.05, 0.1) is 5.76 Å². The molecule has 3 aromatic rings. The molecular formula is C23H24AlO3Si. The van der Waals surface area contributed by atoms with E-state index in [1.165, 1.54) is 29.6 Å². The molecule has 3 nitrogen and oxygen atoms in total. The van der Waals surface area contributed by atoms with Crippen LogP contribution in [-0.2, 0) is 8.58 Å². The second-order valence-corrected chi connectivity index (χ2v) is 9.76. The van der Waals surface area contributed by atoms with Crippen LogP contribution in [0.2, 0.25) is 0 Å². The summed E-state index contributed by atoms with van der Waals surface area (Å²) >= 11 is 1.36. The van der Waals surface area contributed by atoms with Crippen LogP contribution in [0.4, 0.5) is 0 Å². The first-order valence-electron chi connectivity index (χ1n) is 8.98. The van der Waals surface area contributed by atoms with Gasteiger partial charge in [-0.05, 0) is 29.4 Å². The molecular weight excluding hydrogens is 379 g/mol. The molecule has 0 fully saturated rings. The molecule has 0 aliphatic heterocycles. The molecule has 0 bridgehead atoms. The Bertz CT molecular complexity index is 800. The Balaban J connectivity index is 0.000000300. The monoisotopic (exact) mass is 403 g/mol. The minimum absolute atomic E-state index is 0.0224. The topological polar surface area (TPSA) is 46.5 Å². The van der Waals surface area contributed by atoms with Crippen molar-refractivity contribution < 1.29 is 13.4 Å². The van der Waals surface area contributed by atoms with Crippen molar-refractivity contribution in [3.05, 3.63) is 103 Å². The standard InChI is InChI=1S/C18H16OSi.C5H8O2.Al.H/c19-20(16-10-4-1-5-11-16,17-12-6-2-7-13-17)18-14-8-3-9-15-18;1-4(6)3-5(2)7;;/h1-15,19H;3,6H,1-2H3;;/q;;+1;/p-1. The van der Waals surface area contributed by atoms with Crippen LogP contribution >= 0.6 is 0 Å². The lowest BCUT2D eigenvalue weighted by Gasteiger charge is -2.26. The molecule has 1 radical (unpaired) electrons. The summed E-state index contributed by atoms with van der Waals surface area (Å²) in [6.07, 6.45) is 1.45. The fourth-order valence-corrected chi connectivity index (χ4v) is 5.97. The number of carbonyl (C=O) groups is 1. The second-order valence-electron chi connectivity index (χ2n) is 6.32. The Hall–Kier alpha value is -2.42. The van der Waals surface area contributed by atoms with Crippen LogP contribution in [0.1, 0.15) is 13.8 Å². The van der Waals surface area contributed by atoms with Crippen LogP contribution in [0, 0.1) is 0 Å². The van der Waals surface area contributed by atoms with Gasteiger partial charge in [-0.25, -0.2) is 0 Å². The van der Waals surface area contributed by atoms with Crippen molar-refractivity contribution >= 4 is 46.3 Å². The van der Waals surface area contributed by atoms with Gasteiger partial charge in [0.25, 0.3) is 8.32 Å². The van der Waals surface area contributed by atoms with E-state index in [-0.39, 0.29) is 5.78 Å². The van der Waals surface area contributed by atoms with Gasteiger partial charge in [-0.15, -0.1) is 0 Å². The molecule has 0 spiro atoms. The van der Waals surface area contributed by atoms with Crippen molar-refractivity contribution in [1.29, 1.82) is 0 Å². The normalized spacial score (nSPS) is 11.2. The van der Waals surface area contributed by atoms with Gasteiger partial charge < -0.3 is 8.58 Å². The SMILES string of the molecule is CC(=O)C=C(C)[O][AlH].O[Si](c1ccccc1)(c1ccccc1)c1ccccc1. The third-order valence-corrected chi connectivity index (χ3v) is 8.17. The van der Waals surface area contributed by atoms with Crippen molar-refractivity contribution in [1.82, 2.24) is 0 Å². The van der Waals surface area contributed by atoms with Gasteiger partial charge in [0, 0.05) is 6.08 Å². The Morgan fingerprint density at radius 2 is 1.11 bits per heavy atom. The molecule has 5 heteroatoms. The number of ketones is 1. The average Bonchev–Trinajstić information content (AvgIpc) is 2.75. The van der Waals surface area contributed by atoms with Crippen molar-refractivity contribution in [2.75, 3.05) is 0 Å². The van der Waals surface area contributed by atoms with Gasteiger partial charge >= 0.3 is 16.6 Å². The molecule has 0 aromatic heterocycles. The highest BCUT2D eigenvalue weighted by Gasteiger charge is 2.37. The number of hydrogen-bond acceptors (Lipinski definition) is 3. The van der Waals surface area contributed by atoms with Crippen molar-refractivity contribution in [2.45, 2.75) is 13.8 Å². The van der Waals surface area contributed by atoms with Crippen molar-refractivity contribution in [2.24, 2.45) is 0 Å². The molecule has 0 heterocycles. The molecule has 0 aliphatic carbocycles. The van der Waals surface area contributed by atoms with E-state index in [1.807, 2.05) is 91.0 Å². The minimum atomic E-state index is -2.88. The molecule has 1 N–H and O–H groups in total. The third-order valence-electron chi connectivity index (χ3n) is 4.21. The highest BCUT2D eigenvalue weighted by molar-refractivity contribution is 7.06. The Kier molecular flexibility index (Phi) is 8.43. The van der Waals surface area contributed by atoms with Gasteiger partial charge in [-0.1, -0.05) is 91.0 Å². The molecule has 0 atom stereocenters. The van der Waals surface area contributed by atoms with Gasteiger partial charge in [0.2, 0.25) is 0 Å². The maximum absolute atomic E-state index is 11.6. The lowest BCUT2D eigenvalue weighted by Crippen LogP contribution is -2.67. The summed E-state index contributed by atoms with van der Waals surface area (Å²) in [6, 6.07) is 30.0. The molecule has 28 heavy (non-hydrogen) atoms. The predicted octanol–water partition coefficient (Wildman–Crippen LogP) is 1.96. The molecule has 3 aromatic carbocycles. The lowest BCUT2D eigenvalue weighted by atomic mass is 10.3. The van der Waals surface area contributed by atoms with Gasteiger partial charge in [0.15, 0.2) is 5.78 Å². The molecule has 0 saturated carbocycles. The summed E-state index contributed by atoms with van der Waals surface area (Å²) in [5.41, 5.74) is 0. The summed E-state index contributed by atoms with van der Waals surface area (Å²) in [5, 5.41) is 3.03. The molecule has 0 unspecified atom stereocenters. The number of carbonyl (C=O) groups excluding carboxylic acids is 1. The fourth-order valence-electron chi connectivity index (χ4n) is 2.87. The number of benzene rings is 3. The molecule has 0 amide bonds. The highest BCUT2D eigenvalue weighted by atomic mass is 28.4. The first-order valence-corrected chi connectivity index (χ1v) is 11.5. The van der Waals surface area contributed by atoms with Crippen molar-refractivity contribution in [3.8, 4) is 0 Å². The number of rotatable bonds is 5. The zero-order chi connectivity index (χ0) is 20.4. The van der Waals surface area contributed by atoms with Crippen LogP contribution in [0.5, 0.6) is 0 Å². The van der Waals surface area contributed by atoms with Crippen LogP contribution in [0.3, 0.4) is 0 Å². The summed E-state index contributed by atoms with van der Waals surface area (Å²) in [7, 11) is -2.88. The maximum Gasteiger partial charge on any atom is 0.494 e. The van der Waals surface area contributed by atoms with Crippen molar-refractivity contribution in [3.63, 3.8) is 0 Å². The van der Waals surface area contributed by atoms with E-state index in [4.69, 9.17) is 3.79 Å². The largest absolute Gasteiger partial charge is 0.653 e. The molecule has 141 valence electrons. The molecule has 3 rings (SSSR count). The van der Waals surface area contributed by atoms with Crippen LogP contribution < -0.4 is 15.6 Å². The quantitative estimate of drug-likeness (QED) is 0.307. The van der Waals surface area contributed by atoms with E-state index >= 15 is 0 Å². The van der Waals surface area contributed by atoms with E-state index in [0.29, 0.717) is 5.76 Å². The van der Waals surface area contributed by atoms with Gasteiger partial charge in [-0.3, -0.25) is 4.79 Å².